The van der Waals surface area contributed by atoms with Crippen LogP contribution in [0.1, 0.15) is 42.6 Å². The number of anilines is 1. The Hall–Kier alpha value is -2.08. The minimum absolute atomic E-state index is 0.00484. The van der Waals surface area contributed by atoms with E-state index in [2.05, 4.69) is 38.8 Å². The summed E-state index contributed by atoms with van der Waals surface area (Å²) in [6.07, 6.45) is 3.28. The van der Waals surface area contributed by atoms with Crippen molar-refractivity contribution in [2.45, 2.75) is 46.2 Å². The van der Waals surface area contributed by atoms with E-state index in [0.717, 1.165) is 61.4 Å². The van der Waals surface area contributed by atoms with Gasteiger partial charge in [-0.3, -0.25) is 9.69 Å². The van der Waals surface area contributed by atoms with E-state index in [4.69, 9.17) is 4.42 Å². The highest BCUT2D eigenvalue weighted by Crippen LogP contribution is 2.26. The molecule has 0 aromatic carbocycles. The third-order valence-electron chi connectivity index (χ3n) is 5.39. The zero-order valence-electron chi connectivity index (χ0n) is 15.0. The Labute approximate surface area is 147 Å². The number of rotatable bonds is 3. The van der Waals surface area contributed by atoms with Crippen LogP contribution < -0.4 is 10.5 Å². The predicted octanol–water partition coefficient (Wildman–Crippen LogP) is 2.47. The highest BCUT2D eigenvalue weighted by atomic mass is 16.4. The summed E-state index contributed by atoms with van der Waals surface area (Å²) in [7, 11) is 0. The molecule has 2 aromatic heterocycles. The second-order valence-corrected chi connectivity index (χ2v) is 7.45. The topological polar surface area (TPSA) is 65.4 Å². The Kier molecular flexibility index (Phi) is 4.37. The molecule has 0 atom stereocenters. The second kappa shape index (κ2) is 6.67. The summed E-state index contributed by atoms with van der Waals surface area (Å²) < 4.78 is 6.08. The predicted molar refractivity (Wildman–Crippen MR) is 96.7 cm³/mol. The molecule has 0 bridgehead atoms. The number of piperidine rings is 1. The molecule has 1 fully saturated rings. The van der Waals surface area contributed by atoms with E-state index in [1.165, 1.54) is 12.8 Å². The first-order valence-electron chi connectivity index (χ1n) is 9.23. The maximum absolute atomic E-state index is 12.2. The first kappa shape index (κ1) is 16.4. The molecule has 1 saturated heterocycles. The summed E-state index contributed by atoms with van der Waals surface area (Å²) in [5, 5.41) is 0. The first-order chi connectivity index (χ1) is 12.1. The van der Waals surface area contributed by atoms with Crippen LogP contribution >= 0.6 is 0 Å². The van der Waals surface area contributed by atoms with E-state index in [9.17, 15) is 4.79 Å². The Bertz CT molecular complexity index is 802. The molecule has 4 heterocycles. The van der Waals surface area contributed by atoms with Gasteiger partial charge in [-0.1, -0.05) is 6.92 Å². The third-order valence-corrected chi connectivity index (χ3v) is 5.39. The van der Waals surface area contributed by atoms with E-state index in [1.807, 2.05) is 6.92 Å². The Morgan fingerprint density at radius 1 is 1.28 bits per heavy atom. The molecule has 2 aliphatic heterocycles. The average Bonchev–Trinajstić information content (AvgIpc) is 3.04. The number of fused-ring (bicyclic) bond motifs is 1. The molecule has 4 rings (SSSR count). The van der Waals surface area contributed by atoms with Gasteiger partial charge in [0.2, 0.25) is 0 Å². The summed E-state index contributed by atoms with van der Waals surface area (Å²) in [5.41, 5.74) is 1.74. The number of nitrogens with one attached hydrogen (secondary N) is 1. The largest absolute Gasteiger partial charge is 0.444 e. The van der Waals surface area contributed by atoms with Crippen molar-refractivity contribution >= 4 is 5.88 Å². The lowest BCUT2D eigenvalue weighted by Crippen LogP contribution is -2.35. The Morgan fingerprint density at radius 2 is 2.08 bits per heavy atom. The number of H-pyrrole nitrogens is 1. The maximum atomic E-state index is 12.2. The van der Waals surface area contributed by atoms with Gasteiger partial charge in [0.1, 0.15) is 11.6 Å². The van der Waals surface area contributed by atoms with Gasteiger partial charge in [-0.2, -0.15) is 0 Å². The van der Waals surface area contributed by atoms with Gasteiger partial charge in [-0.25, -0.2) is 4.98 Å². The molecule has 25 heavy (non-hydrogen) atoms. The van der Waals surface area contributed by atoms with Crippen molar-refractivity contribution in [3.8, 4) is 0 Å². The highest BCUT2D eigenvalue weighted by Gasteiger charge is 2.23. The van der Waals surface area contributed by atoms with Gasteiger partial charge in [0.25, 0.3) is 5.56 Å². The molecule has 0 amide bonds. The fourth-order valence-electron chi connectivity index (χ4n) is 3.81. The van der Waals surface area contributed by atoms with Crippen molar-refractivity contribution in [1.29, 1.82) is 0 Å². The fraction of sp³-hybridized carbons (Fsp3) is 0.579. The quantitative estimate of drug-likeness (QED) is 0.928. The second-order valence-electron chi connectivity index (χ2n) is 7.45. The normalized spacial score (nSPS) is 19.2. The molecule has 0 aliphatic carbocycles. The molecular formula is C19H26N4O2. The summed E-state index contributed by atoms with van der Waals surface area (Å²) in [4.78, 5) is 24.1. The third kappa shape index (κ3) is 3.49. The fourth-order valence-corrected chi connectivity index (χ4v) is 3.81. The van der Waals surface area contributed by atoms with Crippen LogP contribution in [0.5, 0.6) is 0 Å². The molecule has 0 unspecified atom stereocenters. The highest BCUT2D eigenvalue weighted by molar-refractivity contribution is 5.37. The average molecular weight is 342 g/mol. The van der Waals surface area contributed by atoms with Gasteiger partial charge in [0.05, 0.1) is 17.8 Å². The van der Waals surface area contributed by atoms with Crippen molar-refractivity contribution in [3.05, 3.63) is 45.3 Å². The van der Waals surface area contributed by atoms with E-state index in [0.29, 0.717) is 12.4 Å². The van der Waals surface area contributed by atoms with E-state index < -0.39 is 0 Å². The Morgan fingerprint density at radius 3 is 2.88 bits per heavy atom. The number of hydrogen-bond acceptors (Lipinski definition) is 5. The monoisotopic (exact) mass is 342 g/mol. The van der Waals surface area contributed by atoms with Crippen molar-refractivity contribution < 1.29 is 4.42 Å². The van der Waals surface area contributed by atoms with Crippen LogP contribution in [0.2, 0.25) is 0 Å². The van der Waals surface area contributed by atoms with Crippen molar-refractivity contribution in [3.63, 3.8) is 0 Å². The van der Waals surface area contributed by atoms with E-state index in [-0.39, 0.29) is 5.56 Å². The lowest BCUT2D eigenvalue weighted by atomic mass is 9.99. The van der Waals surface area contributed by atoms with Crippen molar-refractivity contribution in [2.75, 3.05) is 24.5 Å². The zero-order valence-corrected chi connectivity index (χ0v) is 15.0. The maximum Gasteiger partial charge on any atom is 0.255 e. The van der Waals surface area contributed by atoms with Crippen LogP contribution in [0.3, 0.4) is 0 Å². The van der Waals surface area contributed by atoms with Crippen LogP contribution in [-0.4, -0.2) is 34.5 Å². The van der Waals surface area contributed by atoms with Crippen LogP contribution in [0.15, 0.2) is 21.3 Å². The Balaban J connectivity index is 1.42. The van der Waals surface area contributed by atoms with Crippen LogP contribution in [0.25, 0.3) is 0 Å². The molecular weight excluding hydrogens is 316 g/mol. The van der Waals surface area contributed by atoms with Crippen LogP contribution in [0, 0.1) is 12.8 Å². The summed E-state index contributed by atoms with van der Waals surface area (Å²) in [6.45, 7) is 8.57. The number of nitrogens with zero attached hydrogens (tertiary/aromatic N) is 3. The van der Waals surface area contributed by atoms with Gasteiger partial charge >= 0.3 is 0 Å². The van der Waals surface area contributed by atoms with Gasteiger partial charge < -0.3 is 14.3 Å². The number of aromatic amines is 1. The smallest absolute Gasteiger partial charge is 0.255 e. The lowest BCUT2D eigenvalue weighted by molar-refractivity contribution is 0.222. The number of hydrogen-bond donors (Lipinski definition) is 1. The number of aromatic nitrogens is 2. The molecule has 2 aliphatic rings. The lowest BCUT2D eigenvalue weighted by Gasteiger charge is -2.30. The molecule has 6 heteroatoms. The van der Waals surface area contributed by atoms with Gasteiger partial charge in [0, 0.05) is 38.7 Å². The first-order valence-corrected chi connectivity index (χ1v) is 9.23. The zero-order chi connectivity index (χ0) is 17.4. The summed E-state index contributed by atoms with van der Waals surface area (Å²) >= 11 is 0. The summed E-state index contributed by atoms with van der Waals surface area (Å²) in [5.74, 6) is 3.46. The number of furan rings is 1. The molecule has 134 valence electrons. The molecule has 1 N–H and O–H groups in total. The van der Waals surface area contributed by atoms with Crippen LogP contribution in [0.4, 0.5) is 5.88 Å². The minimum atomic E-state index is -0.00484. The molecule has 0 spiro atoms. The van der Waals surface area contributed by atoms with Crippen molar-refractivity contribution in [2.24, 2.45) is 5.92 Å². The minimum Gasteiger partial charge on any atom is -0.444 e. The number of aryl methyl sites for hydroxylation is 1. The molecule has 0 saturated carbocycles. The summed E-state index contributed by atoms with van der Waals surface area (Å²) in [6, 6.07) is 4.15. The van der Waals surface area contributed by atoms with Gasteiger partial charge in [-0.05, 0) is 31.7 Å². The SMILES string of the molecule is Cc1nc2c(c(=O)[nH]1)CN(Cc1ccc(N3CCC(C)CC3)o1)CC2. The molecule has 2 aromatic rings. The van der Waals surface area contributed by atoms with Gasteiger partial charge in [0.15, 0.2) is 5.88 Å². The molecule has 0 radical (unpaired) electrons. The van der Waals surface area contributed by atoms with Gasteiger partial charge in [-0.15, -0.1) is 0 Å². The van der Waals surface area contributed by atoms with E-state index >= 15 is 0 Å². The van der Waals surface area contributed by atoms with Crippen molar-refractivity contribution in [1.82, 2.24) is 14.9 Å². The molecule has 6 nitrogen and oxygen atoms in total. The van der Waals surface area contributed by atoms with E-state index in [1.54, 1.807) is 0 Å². The standard InChI is InChI=1S/C19H26N4O2/c1-13-5-9-23(10-6-13)18-4-3-15(25-18)11-22-8-7-17-16(12-22)19(24)21-14(2)20-17/h3-4,13H,5-12H2,1-2H3,(H,20,21,24). The van der Waals surface area contributed by atoms with Crippen LogP contribution in [-0.2, 0) is 19.5 Å².